The van der Waals surface area contributed by atoms with E-state index in [2.05, 4.69) is 4.98 Å². The van der Waals surface area contributed by atoms with E-state index in [1.807, 2.05) is 6.07 Å². The average Bonchev–Trinajstić information content (AvgIpc) is 2.33. The molecule has 1 fully saturated rings. The Morgan fingerprint density at radius 1 is 1.56 bits per heavy atom. The first-order valence-corrected chi connectivity index (χ1v) is 5.29. The van der Waals surface area contributed by atoms with Gasteiger partial charge in [0.1, 0.15) is 0 Å². The summed E-state index contributed by atoms with van der Waals surface area (Å²) in [5.41, 5.74) is 6.50. The third-order valence-corrected chi connectivity index (χ3v) is 2.72. The molecule has 2 rings (SSSR count). The lowest BCUT2D eigenvalue weighted by Crippen LogP contribution is -2.48. The van der Waals surface area contributed by atoms with Crippen LogP contribution in [-0.4, -0.2) is 30.6 Å². The Morgan fingerprint density at radius 2 is 2.38 bits per heavy atom. The van der Waals surface area contributed by atoms with Crippen LogP contribution in [0.1, 0.15) is 12.8 Å². The summed E-state index contributed by atoms with van der Waals surface area (Å²) < 4.78 is 4.97. The Labute approximate surface area is 94.2 Å². The quantitative estimate of drug-likeness (QED) is 0.791. The monoisotopic (exact) mass is 221 g/mol. The predicted octanol–water partition coefficient (Wildman–Crippen LogP) is 0.544. The van der Waals surface area contributed by atoms with Gasteiger partial charge in [-0.25, -0.2) is 4.98 Å². The minimum atomic E-state index is -0.379. The van der Waals surface area contributed by atoms with Crippen LogP contribution in [0.3, 0.4) is 0 Å². The van der Waals surface area contributed by atoms with Crippen LogP contribution in [0.4, 0.5) is 5.69 Å². The second-order valence-corrected chi connectivity index (χ2v) is 3.80. The smallest absolute Gasteiger partial charge is 0.243 e. The molecule has 2 heterocycles. The van der Waals surface area contributed by atoms with Gasteiger partial charge in [-0.15, -0.1) is 0 Å². The van der Waals surface area contributed by atoms with Gasteiger partial charge in [0.15, 0.2) is 0 Å². The van der Waals surface area contributed by atoms with Crippen molar-refractivity contribution in [1.82, 2.24) is 4.98 Å². The van der Waals surface area contributed by atoms with Gasteiger partial charge in [-0.3, -0.25) is 4.79 Å². The van der Waals surface area contributed by atoms with Gasteiger partial charge in [0.25, 0.3) is 0 Å². The largest absolute Gasteiger partial charge is 0.481 e. The van der Waals surface area contributed by atoms with Crippen molar-refractivity contribution in [3.63, 3.8) is 0 Å². The third kappa shape index (κ3) is 1.99. The number of methoxy groups -OCH3 is 1. The first kappa shape index (κ1) is 10.9. The maximum absolute atomic E-state index is 11.8. The number of aromatic nitrogens is 1. The number of ether oxygens (including phenoxy) is 1. The number of amides is 1. The van der Waals surface area contributed by atoms with Gasteiger partial charge < -0.3 is 15.4 Å². The van der Waals surface area contributed by atoms with Crippen molar-refractivity contribution in [2.45, 2.75) is 18.9 Å². The van der Waals surface area contributed by atoms with Gasteiger partial charge in [-0.05, 0) is 18.9 Å². The molecule has 1 atom stereocenters. The van der Waals surface area contributed by atoms with Crippen LogP contribution >= 0.6 is 0 Å². The molecule has 0 spiro atoms. The molecule has 5 heteroatoms. The molecular weight excluding hydrogens is 206 g/mol. The highest BCUT2D eigenvalue weighted by Crippen LogP contribution is 2.21. The number of rotatable bonds is 2. The molecule has 1 aliphatic heterocycles. The molecule has 0 bridgehead atoms. The Bertz CT molecular complexity index is 377. The van der Waals surface area contributed by atoms with Gasteiger partial charge in [0.2, 0.25) is 11.8 Å². The van der Waals surface area contributed by atoms with E-state index in [0.717, 1.165) is 18.5 Å². The number of nitrogens with two attached hydrogens (primary N) is 1. The Morgan fingerprint density at radius 3 is 3.00 bits per heavy atom. The van der Waals surface area contributed by atoms with Crippen LogP contribution in [0.25, 0.3) is 0 Å². The Kier molecular flexibility index (Phi) is 3.05. The van der Waals surface area contributed by atoms with E-state index < -0.39 is 0 Å². The van der Waals surface area contributed by atoms with E-state index in [1.54, 1.807) is 24.3 Å². The fourth-order valence-electron chi connectivity index (χ4n) is 1.81. The summed E-state index contributed by atoms with van der Waals surface area (Å²) in [4.78, 5) is 17.6. The molecule has 1 aromatic heterocycles. The SMILES string of the molecule is COc1ccc(N2CCCC(N)C2=O)cn1. The lowest BCUT2D eigenvalue weighted by atomic mass is 10.1. The number of carbonyl (C=O) groups excluding carboxylic acids is 1. The molecule has 1 aromatic rings. The van der Waals surface area contributed by atoms with Gasteiger partial charge in [-0.1, -0.05) is 0 Å². The van der Waals surface area contributed by atoms with Crippen molar-refractivity contribution in [2.75, 3.05) is 18.6 Å². The number of hydrogen-bond donors (Lipinski definition) is 1. The fourth-order valence-corrected chi connectivity index (χ4v) is 1.81. The summed E-state index contributed by atoms with van der Waals surface area (Å²) >= 11 is 0. The van der Waals surface area contributed by atoms with Crippen LogP contribution in [-0.2, 0) is 4.79 Å². The van der Waals surface area contributed by atoms with E-state index in [-0.39, 0.29) is 11.9 Å². The van der Waals surface area contributed by atoms with Gasteiger partial charge in [0, 0.05) is 12.6 Å². The minimum Gasteiger partial charge on any atom is -0.481 e. The molecule has 2 N–H and O–H groups in total. The minimum absolute atomic E-state index is 0.0294. The lowest BCUT2D eigenvalue weighted by Gasteiger charge is -2.30. The molecule has 0 radical (unpaired) electrons. The molecule has 0 aliphatic carbocycles. The van der Waals surface area contributed by atoms with Crippen molar-refractivity contribution >= 4 is 11.6 Å². The average molecular weight is 221 g/mol. The zero-order valence-corrected chi connectivity index (χ0v) is 9.22. The molecule has 5 nitrogen and oxygen atoms in total. The number of carbonyl (C=O) groups is 1. The maximum Gasteiger partial charge on any atom is 0.243 e. The first-order chi connectivity index (χ1) is 7.72. The number of piperidine rings is 1. The second-order valence-electron chi connectivity index (χ2n) is 3.80. The van der Waals surface area contributed by atoms with Crippen LogP contribution < -0.4 is 15.4 Å². The Hall–Kier alpha value is -1.62. The van der Waals surface area contributed by atoms with E-state index in [4.69, 9.17) is 10.5 Å². The molecule has 0 aromatic carbocycles. The van der Waals surface area contributed by atoms with Crippen molar-refractivity contribution in [3.8, 4) is 5.88 Å². The summed E-state index contributed by atoms with van der Waals surface area (Å²) in [6.45, 7) is 0.709. The van der Waals surface area contributed by atoms with E-state index in [0.29, 0.717) is 12.4 Å². The topological polar surface area (TPSA) is 68.5 Å². The summed E-state index contributed by atoms with van der Waals surface area (Å²) in [5, 5.41) is 0. The van der Waals surface area contributed by atoms with Gasteiger partial charge in [0.05, 0.1) is 25.0 Å². The number of hydrogen-bond acceptors (Lipinski definition) is 4. The Balaban J connectivity index is 2.19. The molecule has 1 aliphatic rings. The summed E-state index contributed by atoms with van der Waals surface area (Å²) in [6, 6.07) is 3.18. The zero-order valence-electron chi connectivity index (χ0n) is 9.22. The van der Waals surface area contributed by atoms with Gasteiger partial charge in [-0.2, -0.15) is 0 Å². The number of anilines is 1. The summed E-state index contributed by atoms with van der Waals surface area (Å²) in [7, 11) is 1.56. The van der Waals surface area contributed by atoms with Crippen molar-refractivity contribution in [2.24, 2.45) is 5.73 Å². The van der Waals surface area contributed by atoms with Crippen LogP contribution in [0.2, 0.25) is 0 Å². The normalized spacial score (nSPS) is 21.0. The molecule has 1 unspecified atom stereocenters. The molecule has 0 saturated carbocycles. The van der Waals surface area contributed by atoms with E-state index in [9.17, 15) is 4.79 Å². The van der Waals surface area contributed by atoms with Crippen molar-refractivity contribution in [3.05, 3.63) is 18.3 Å². The summed E-state index contributed by atoms with van der Waals surface area (Å²) in [5.74, 6) is 0.510. The van der Waals surface area contributed by atoms with Crippen LogP contribution in [0.15, 0.2) is 18.3 Å². The number of nitrogens with zero attached hydrogens (tertiary/aromatic N) is 2. The fraction of sp³-hybridized carbons (Fsp3) is 0.455. The molecule has 1 saturated heterocycles. The molecule has 16 heavy (non-hydrogen) atoms. The van der Waals surface area contributed by atoms with E-state index in [1.165, 1.54) is 0 Å². The molecule has 1 amide bonds. The zero-order chi connectivity index (χ0) is 11.5. The van der Waals surface area contributed by atoms with Crippen molar-refractivity contribution < 1.29 is 9.53 Å². The summed E-state index contributed by atoms with van der Waals surface area (Å²) in [6.07, 6.45) is 3.33. The third-order valence-electron chi connectivity index (χ3n) is 2.72. The second kappa shape index (κ2) is 4.49. The van der Waals surface area contributed by atoms with Gasteiger partial charge >= 0.3 is 0 Å². The first-order valence-electron chi connectivity index (χ1n) is 5.29. The van der Waals surface area contributed by atoms with Crippen molar-refractivity contribution in [1.29, 1.82) is 0 Å². The van der Waals surface area contributed by atoms with Crippen LogP contribution in [0, 0.1) is 0 Å². The highest BCUT2D eigenvalue weighted by molar-refractivity contribution is 5.97. The number of pyridine rings is 1. The maximum atomic E-state index is 11.8. The lowest BCUT2D eigenvalue weighted by molar-refractivity contribution is -0.120. The predicted molar refractivity (Wildman–Crippen MR) is 60.4 cm³/mol. The van der Waals surface area contributed by atoms with E-state index >= 15 is 0 Å². The molecular formula is C11H15N3O2. The molecule has 86 valence electrons. The standard InChI is InChI=1S/C11H15N3O2/c1-16-10-5-4-8(7-13-10)14-6-2-3-9(12)11(14)15/h4-5,7,9H,2-3,6,12H2,1H3. The highest BCUT2D eigenvalue weighted by Gasteiger charge is 2.26. The highest BCUT2D eigenvalue weighted by atomic mass is 16.5. The van der Waals surface area contributed by atoms with Crippen LogP contribution in [0.5, 0.6) is 5.88 Å².